The minimum Gasteiger partial charge on any atom is -0.460 e. The summed E-state index contributed by atoms with van der Waals surface area (Å²) in [5.41, 5.74) is -0.647. The van der Waals surface area contributed by atoms with Crippen molar-refractivity contribution in [1.29, 1.82) is 0 Å². The Morgan fingerprint density at radius 1 is 1.00 bits per heavy atom. The molecule has 0 spiro atoms. The van der Waals surface area contributed by atoms with Crippen LogP contribution in [-0.4, -0.2) is 76.7 Å². The Morgan fingerprint density at radius 3 is 2.23 bits per heavy atom. The zero-order valence-electron chi connectivity index (χ0n) is 19.5. The summed E-state index contributed by atoms with van der Waals surface area (Å²) in [5, 5.41) is 33.1. The molecule has 1 fully saturated rings. The number of nitrogens with one attached hydrogen (secondary N) is 1. The van der Waals surface area contributed by atoms with Crippen LogP contribution in [0, 0.1) is 5.92 Å². The molecule has 0 saturated carbocycles. The van der Waals surface area contributed by atoms with Crippen molar-refractivity contribution in [3.8, 4) is 0 Å². The van der Waals surface area contributed by atoms with E-state index in [9.17, 15) is 24.9 Å². The van der Waals surface area contributed by atoms with Gasteiger partial charge in [-0.1, -0.05) is 39.0 Å². The van der Waals surface area contributed by atoms with Gasteiger partial charge < -0.3 is 34.8 Å². The quantitative estimate of drug-likeness (QED) is 0.259. The summed E-state index contributed by atoms with van der Waals surface area (Å²) in [6.45, 7) is 9.27. The monoisotopic (exact) mass is 447 g/mol. The molecule has 1 aliphatic rings. The van der Waals surface area contributed by atoms with Crippen LogP contribution in [0.5, 0.6) is 0 Å². The number of esters is 1. The third-order valence-corrected chi connectivity index (χ3v) is 4.98. The number of aliphatic hydroxyl groups excluding tert-OH is 3. The summed E-state index contributed by atoms with van der Waals surface area (Å²) < 4.78 is 16.2. The van der Waals surface area contributed by atoms with Crippen LogP contribution in [0.2, 0.25) is 0 Å². The van der Waals surface area contributed by atoms with Crippen molar-refractivity contribution < 1.29 is 39.1 Å². The Bertz CT molecular complexity index is 550. The van der Waals surface area contributed by atoms with Gasteiger partial charge in [-0.25, -0.2) is 0 Å². The zero-order chi connectivity index (χ0) is 23.6. The summed E-state index contributed by atoms with van der Waals surface area (Å²) in [6.07, 6.45) is -1.12. The molecule has 4 N–H and O–H groups in total. The lowest BCUT2D eigenvalue weighted by Crippen LogP contribution is -2.62. The number of hydrogen-bond donors (Lipinski definition) is 4. The third kappa shape index (κ3) is 9.82. The zero-order valence-corrected chi connectivity index (χ0v) is 19.5. The Labute approximate surface area is 185 Å². The van der Waals surface area contributed by atoms with Crippen molar-refractivity contribution in [3.05, 3.63) is 0 Å². The maximum atomic E-state index is 12.4. The van der Waals surface area contributed by atoms with Crippen LogP contribution >= 0.6 is 0 Å². The van der Waals surface area contributed by atoms with E-state index in [1.54, 1.807) is 27.7 Å². The lowest BCUT2D eigenvalue weighted by atomic mass is 9.98. The van der Waals surface area contributed by atoms with Gasteiger partial charge in [0.1, 0.15) is 23.9 Å². The van der Waals surface area contributed by atoms with E-state index in [0.717, 1.165) is 19.3 Å². The van der Waals surface area contributed by atoms with Gasteiger partial charge in [0.2, 0.25) is 0 Å². The molecule has 1 aliphatic heterocycles. The van der Waals surface area contributed by atoms with Crippen molar-refractivity contribution in [2.24, 2.45) is 5.92 Å². The van der Waals surface area contributed by atoms with Gasteiger partial charge in [-0.15, -0.1) is 0 Å². The third-order valence-electron chi connectivity index (χ3n) is 4.98. The maximum Gasteiger partial charge on any atom is 0.311 e. The first-order valence-electron chi connectivity index (χ1n) is 11.3. The average Bonchev–Trinajstić information content (AvgIpc) is 2.69. The molecule has 182 valence electrons. The fourth-order valence-electron chi connectivity index (χ4n) is 3.13. The van der Waals surface area contributed by atoms with Crippen LogP contribution in [-0.2, 0) is 23.8 Å². The predicted molar refractivity (Wildman–Crippen MR) is 114 cm³/mol. The van der Waals surface area contributed by atoms with Gasteiger partial charge in [-0.05, 0) is 34.1 Å². The van der Waals surface area contributed by atoms with Gasteiger partial charge in [0, 0.05) is 6.54 Å². The molecule has 9 heteroatoms. The maximum absolute atomic E-state index is 12.4. The number of hydrogen-bond acceptors (Lipinski definition) is 8. The standard InChI is InChI=1S/C22H41NO8/c1-6-7-8-9-10-11-12-23-19(27)18-16(25)15(24)17(26)21(30-18)29-13-14(2)20(28)31-22(3,4)5/h14-18,21,24-26H,6-13H2,1-5H3,(H,23,27)/t14?,15-,16-,17?,18?,21-/m0/s1. The topological polar surface area (TPSA) is 135 Å². The van der Waals surface area contributed by atoms with E-state index in [-0.39, 0.29) is 6.61 Å². The van der Waals surface area contributed by atoms with E-state index in [1.807, 2.05) is 0 Å². The number of amides is 1. The molecule has 0 aromatic heterocycles. The van der Waals surface area contributed by atoms with Crippen molar-refractivity contribution in [2.75, 3.05) is 13.2 Å². The molecule has 1 heterocycles. The van der Waals surface area contributed by atoms with Crippen LogP contribution in [0.4, 0.5) is 0 Å². The van der Waals surface area contributed by atoms with Crippen LogP contribution < -0.4 is 5.32 Å². The van der Waals surface area contributed by atoms with Crippen molar-refractivity contribution in [2.45, 2.75) is 109 Å². The van der Waals surface area contributed by atoms with E-state index in [2.05, 4.69) is 12.2 Å². The SMILES string of the molecule is CCCCCCCCNC(=O)C1O[C@H](OCC(C)C(=O)OC(C)(C)C)C(O)[C@@H](O)[C@@H]1O. The summed E-state index contributed by atoms with van der Waals surface area (Å²) in [4.78, 5) is 24.5. The smallest absolute Gasteiger partial charge is 0.311 e. The Hall–Kier alpha value is -1.26. The highest BCUT2D eigenvalue weighted by Gasteiger charge is 2.47. The molecule has 0 aliphatic carbocycles. The second kappa shape index (κ2) is 13.3. The molecular formula is C22H41NO8. The van der Waals surface area contributed by atoms with E-state index < -0.39 is 54.1 Å². The van der Waals surface area contributed by atoms with E-state index in [4.69, 9.17) is 14.2 Å². The number of carbonyl (C=O) groups is 2. The van der Waals surface area contributed by atoms with Crippen LogP contribution in [0.25, 0.3) is 0 Å². The predicted octanol–water partition coefficient (Wildman–Crippen LogP) is 1.27. The van der Waals surface area contributed by atoms with E-state index >= 15 is 0 Å². The molecule has 31 heavy (non-hydrogen) atoms. The molecule has 0 bridgehead atoms. The molecule has 0 radical (unpaired) electrons. The Morgan fingerprint density at radius 2 is 1.61 bits per heavy atom. The Balaban J connectivity index is 2.52. The second-order valence-electron chi connectivity index (χ2n) is 9.22. The number of carbonyl (C=O) groups excluding carboxylic acids is 2. The fourth-order valence-corrected chi connectivity index (χ4v) is 3.13. The molecule has 1 saturated heterocycles. The van der Waals surface area contributed by atoms with Crippen molar-refractivity contribution in [3.63, 3.8) is 0 Å². The minimum absolute atomic E-state index is 0.147. The minimum atomic E-state index is -1.62. The summed E-state index contributed by atoms with van der Waals surface area (Å²) in [7, 11) is 0. The van der Waals surface area contributed by atoms with Gasteiger partial charge in [0.15, 0.2) is 12.4 Å². The molecule has 9 nitrogen and oxygen atoms in total. The van der Waals surface area contributed by atoms with Gasteiger partial charge in [0.25, 0.3) is 5.91 Å². The summed E-state index contributed by atoms with van der Waals surface area (Å²) in [6, 6.07) is 0. The van der Waals surface area contributed by atoms with Crippen LogP contribution in [0.3, 0.4) is 0 Å². The van der Waals surface area contributed by atoms with Crippen LogP contribution in [0.15, 0.2) is 0 Å². The molecule has 1 amide bonds. The van der Waals surface area contributed by atoms with Gasteiger partial charge in [0.05, 0.1) is 12.5 Å². The lowest BCUT2D eigenvalue weighted by molar-refractivity contribution is -0.292. The molecule has 3 unspecified atom stereocenters. The lowest BCUT2D eigenvalue weighted by Gasteiger charge is -2.39. The number of ether oxygens (including phenoxy) is 3. The first-order chi connectivity index (χ1) is 14.5. The first-order valence-corrected chi connectivity index (χ1v) is 11.3. The molecule has 6 atom stereocenters. The molecule has 1 rings (SSSR count). The average molecular weight is 448 g/mol. The number of unbranched alkanes of at least 4 members (excludes halogenated alkanes) is 5. The fraction of sp³-hybridized carbons (Fsp3) is 0.909. The largest absolute Gasteiger partial charge is 0.460 e. The molecular weight excluding hydrogens is 406 g/mol. The van der Waals surface area contributed by atoms with Crippen LogP contribution in [0.1, 0.15) is 73.1 Å². The number of rotatable bonds is 12. The van der Waals surface area contributed by atoms with Gasteiger partial charge in [-0.2, -0.15) is 0 Å². The van der Waals surface area contributed by atoms with Gasteiger partial charge in [-0.3, -0.25) is 9.59 Å². The highest BCUT2D eigenvalue weighted by atomic mass is 16.7. The van der Waals surface area contributed by atoms with Crippen molar-refractivity contribution in [1.82, 2.24) is 5.32 Å². The Kier molecular flexibility index (Phi) is 11.9. The normalized spacial score (nSPS) is 27.5. The number of aliphatic hydroxyl groups is 3. The van der Waals surface area contributed by atoms with E-state index in [1.165, 1.54) is 19.3 Å². The summed E-state index contributed by atoms with van der Waals surface area (Å²) >= 11 is 0. The van der Waals surface area contributed by atoms with Gasteiger partial charge >= 0.3 is 5.97 Å². The summed E-state index contributed by atoms with van der Waals surface area (Å²) in [5.74, 6) is -1.72. The van der Waals surface area contributed by atoms with E-state index in [0.29, 0.717) is 6.54 Å². The highest BCUT2D eigenvalue weighted by molar-refractivity contribution is 5.81. The highest BCUT2D eigenvalue weighted by Crippen LogP contribution is 2.23. The molecule has 0 aromatic rings. The molecule has 0 aromatic carbocycles. The second-order valence-corrected chi connectivity index (χ2v) is 9.22. The first kappa shape index (κ1) is 27.8. The van der Waals surface area contributed by atoms with Crippen molar-refractivity contribution >= 4 is 11.9 Å².